The van der Waals surface area contributed by atoms with Gasteiger partial charge in [-0.2, -0.15) is 0 Å². The lowest BCUT2D eigenvalue weighted by Gasteiger charge is -2.07. The Hall–Kier alpha value is -2.76. The van der Waals surface area contributed by atoms with Crippen molar-refractivity contribution in [3.63, 3.8) is 0 Å². The number of aromatic nitrogens is 4. The second kappa shape index (κ2) is 4.41. The highest BCUT2D eigenvalue weighted by Gasteiger charge is 2.11. The number of rotatable bonds is 1. The van der Waals surface area contributed by atoms with Gasteiger partial charge in [-0.05, 0) is 0 Å². The minimum atomic E-state index is -0.403. The summed E-state index contributed by atoms with van der Waals surface area (Å²) >= 11 is 0. The molecule has 2 aromatic heterocycles. The maximum Gasteiger partial charge on any atom is 0.332 e. The van der Waals surface area contributed by atoms with E-state index in [0.717, 1.165) is 10.1 Å². The maximum atomic E-state index is 12.0. The maximum absolute atomic E-state index is 12.0. The zero-order chi connectivity index (χ0) is 14.3. The second-order valence-electron chi connectivity index (χ2n) is 4.50. The van der Waals surface area contributed by atoms with Crippen molar-refractivity contribution in [2.45, 2.75) is 0 Å². The summed E-state index contributed by atoms with van der Waals surface area (Å²) in [5.74, 6) is 0.487. The average Bonchev–Trinajstić information content (AvgIpc) is 2.51. The molecule has 0 bridgehead atoms. The van der Waals surface area contributed by atoms with Crippen molar-refractivity contribution in [2.75, 3.05) is 0 Å². The van der Waals surface area contributed by atoms with E-state index in [1.54, 1.807) is 7.05 Å². The van der Waals surface area contributed by atoms with Gasteiger partial charge in [0.15, 0.2) is 11.5 Å². The van der Waals surface area contributed by atoms with Gasteiger partial charge in [0.05, 0.1) is 0 Å². The largest absolute Gasteiger partial charge is 0.332 e. The molecule has 0 atom stereocenters. The van der Waals surface area contributed by atoms with Gasteiger partial charge in [-0.15, -0.1) is 0 Å². The molecule has 0 radical (unpaired) electrons. The van der Waals surface area contributed by atoms with Crippen LogP contribution in [0, 0.1) is 0 Å². The molecule has 6 nitrogen and oxygen atoms in total. The normalized spacial score (nSPS) is 10.9. The SMILES string of the molecule is Cn1c(=O)c2cnc(-c3ccccc3)nc2n(C)c1=O. The number of nitrogens with zero attached hydrogens (tertiary/aromatic N) is 4. The lowest BCUT2D eigenvalue weighted by atomic mass is 10.2. The van der Waals surface area contributed by atoms with Gasteiger partial charge in [0, 0.05) is 25.9 Å². The predicted octanol–water partition coefficient (Wildman–Crippen LogP) is 0.694. The van der Waals surface area contributed by atoms with Crippen molar-refractivity contribution in [3.8, 4) is 11.4 Å². The van der Waals surface area contributed by atoms with Crippen molar-refractivity contribution in [1.82, 2.24) is 19.1 Å². The lowest BCUT2D eigenvalue weighted by Crippen LogP contribution is -2.37. The van der Waals surface area contributed by atoms with Crippen LogP contribution in [0.4, 0.5) is 0 Å². The van der Waals surface area contributed by atoms with Crippen LogP contribution in [-0.4, -0.2) is 19.1 Å². The van der Waals surface area contributed by atoms with Gasteiger partial charge in [-0.3, -0.25) is 13.9 Å². The zero-order valence-corrected chi connectivity index (χ0v) is 11.1. The minimum Gasteiger partial charge on any atom is -0.280 e. The van der Waals surface area contributed by atoms with Gasteiger partial charge in [0.25, 0.3) is 5.56 Å². The third-order valence-electron chi connectivity index (χ3n) is 3.23. The van der Waals surface area contributed by atoms with Gasteiger partial charge in [0.1, 0.15) is 5.39 Å². The molecule has 0 aliphatic heterocycles. The van der Waals surface area contributed by atoms with Crippen molar-refractivity contribution < 1.29 is 0 Å². The molecule has 6 heteroatoms. The summed E-state index contributed by atoms with van der Waals surface area (Å²) in [5.41, 5.74) is 0.386. The number of fused-ring (bicyclic) bond motifs is 1. The Morgan fingerprint density at radius 2 is 1.70 bits per heavy atom. The lowest BCUT2D eigenvalue weighted by molar-refractivity contribution is 0.706. The quantitative estimate of drug-likeness (QED) is 0.651. The smallest absolute Gasteiger partial charge is 0.280 e. The molecule has 0 saturated carbocycles. The molecular formula is C14H12N4O2. The Bertz CT molecular complexity index is 910. The van der Waals surface area contributed by atoms with E-state index in [2.05, 4.69) is 9.97 Å². The molecule has 3 rings (SSSR count). The fourth-order valence-corrected chi connectivity index (χ4v) is 2.09. The summed E-state index contributed by atoms with van der Waals surface area (Å²) in [6.07, 6.45) is 1.46. The van der Waals surface area contributed by atoms with Crippen LogP contribution >= 0.6 is 0 Å². The fraction of sp³-hybridized carbons (Fsp3) is 0.143. The molecule has 0 spiro atoms. The zero-order valence-electron chi connectivity index (χ0n) is 11.1. The number of hydrogen-bond acceptors (Lipinski definition) is 4. The molecule has 0 fully saturated rings. The first-order valence-corrected chi connectivity index (χ1v) is 6.08. The molecular weight excluding hydrogens is 256 g/mol. The molecule has 2 heterocycles. The number of aryl methyl sites for hydroxylation is 1. The third kappa shape index (κ3) is 1.73. The Labute approximate surface area is 114 Å². The highest BCUT2D eigenvalue weighted by atomic mass is 16.2. The molecule has 0 amide bonds. The standard InChI is InChI=1S/C14H12N4O2/c1-17-12-10(13(19)18(2)14(17)20)8-15-11(16-12)9-6-4-3-5-7-9/h3-8H,1-2H3. The van der Waals surface area contributed by atoms with Crippen LogP contribution < -0.4 is 11.2 Å². The average molecular weight is 268 g/mol. The van der Waals surface area contributed by atoms with Crippen LogP contribution in [0.3, 0.4) is 0 Å². The topological polar surface area (TPSA) is 69.8 Å². The van der Waals surface area contributed by atoms with E-state index in [0.29, 0.717) is 16.9 Å². The molecule has 20 heavy (non-hydrogen) atoms. The van der Waals surface area contributed by atoms with Gasteiger partial charge in [0.2, 0.25) is 0 Å². The Morgan fingerprint density at radius 1 is 1.00 bits per heavy atom. The number of benzene rings is 1. The van der Waals surface area contributed by atoms with Crippen molar-refractivity contribution in [1.29, 1.82) is 0 Å². The summed E-state index contributed by atoms with van der Waals surface area (Å²) in [6, 6.07) is 9.41. The highest BCUT2D eigenvalue weighted by Crippen LogP contribution is 2.15. The van der Waals surface area contributed by atoms with Gasteiger partial charge in [-0.1, -0.05) is 30.3 Å². The minimum absolute atomic E-state index is 0.328. The van der Waals surface area contributed by atoms with Crippen molar-refractivity contribution in [2.24, 2.45) is 14.1 Å². The molecule has 0 unspecified atom stereocenters. The molecule has 0 N–H and O–H groups in total. The van der Waals surface area contributed by atoms with E-state index in [-0.39, 0.29) is 5.56 Å². The van der Waals surface area contributed by atoms with E-state index in [4.69, 9.17) is 0 Å². The van der Waals surface area contributed by atoms with Crippen LogP contribution in [0.2, 0.25) is 0 Å². The molecule has 100 valence electrons. The highest BCUT2D eigenvalue weighted by molar-refractivity contribution is 5.75. The van der Waals surface area contributed by atoms with E-state index in [9.17, 15) is 9.59 Å². The van der Waals surface area contributed by atoms with E-state index in [1.807, 2.05) is 30.3 Å². The first-order valence-electron chi connectivity index (χ1n) is 6.08. The van der Waals surface area contributed by atoms with Crippen molar-refractivity contribution >= 4 is 11.0 Å². The van der Waals surface area contributed by atoms with Crippen LogP contribution in [0.15, 0.2) is 46.1 Å². The molecule has 0 saturated heterocycles. The molecule has 1 aromatic carbocycles. The van der Waals surface area contributed by atoms with Crippen LogP contribution in [0.1, 0.15) is 0 Å². The third-order valence-corrected chi connectivity index (χ3v) is 3.23. The summed E-state index contributed by atoms with van der Waals surface area (Å²) in [5, 5.41) is 0.328. The fourth-order valence-electron chi connectivity index (χ4n) is 2.09. The summed E-state index contributed by atoms with van der Waals surface area (Å²) in [6.45, 7) is 0. The Kier molecular flexibility index (Phi) is 2.71. The Balaban J connectivity index is 2.38. The monoisotopic (exact) mass is 268 g/mol. The first kappa shape index (κ1) is 12.3. The Morgan fingerprint density at radius 3 is 2.40 bits per heavy atom. The van der Waals surface area contributed by atoms with Gasteiger partial charge >= 0.3 is 5.69 Å². The van der Waals surface area contributed by atoms with Crippen molar-refractivity contribution in [3.05, 3.63) is 57.4 Å². The van der Waals surface area contributed by atoms with Crippen LogP contribution in [0.25, 0.3) is 22.4 Å². The van der Waals surface area contributed by atoms with E-state index < -0.39 is 5.69 Å². The molecule has 3 aromatic rings. The first-order chi connectivity index (χ1) is 9.59. The summed E-state index contributed by atoms with van der Waals surface area (Å²) < 4.78 is 2.40. The molecule has 0 aliphatic carbocycles. The van der Waals surface area contributed by atoms with E-state index >= 15 is 0 Å². The van der Waals surface area contributed by atoms with Gasteiger partial charge < -0.3 is 0 Å². The van der Waals surface area contributed by atoms with Crippen LogP contribution in [-0.2, 0) is 14.1 Å². The summed E-state index contributed by atoms with van der Waals surface area (Å²) in [7, 11) is 3.03. The number of hydrogen-bond donors (Lipinski definition) is 0. The second-order valence-corrected chi connectivity index (χ2v) is 4.50. The molecule has 0 aliphatic rings. The summed E-state index contributed by atoms with van der Waals surface area (Å²) in [4.78, 5) is 32.5. The predicted molar refractivity (Wildman–Crippen MR) is 75.5 cm³/mol. The van der Waals surface area contributed by atoms with Gasteiger partial charge in [-0.25, -0.2) is 14.8 Å². The van der Waals surface area contributed by atoms with E-state index in [1.165, 1.54) is 17.8 Å². The van der Waals surface area contributed by atoms with Crippen LogP contribution in [0.5, 0.6) is 0 Å².